The van der Waals surface area contributed by atoms with Crippen LogP contribution in [-0.4, -0.2) is 42.1 Å². The maximum atomic E-state index is 6.72. The van der Waals surface area contributed by atoms with Crippen molar-refractivity contribution < 1.29 is 4.52 Å². The van der Waals surface area contributed by atoms with Gasteiger partial charge in [0.15, 0.2) is 8.45 Å². The van der Waals surface area contributed by atoms with E-state index in [1.807, 2.05) is 0 Å². The van der Waals surface area contributed by atoms with Gasteiger partial charge in [-0.15, -0.1) is 0 Å². The van der Waals surface area contributed by atoms with Crippen LogP contribution in [0.2, 0.25) is 0 Å². The third kappa shape index (κ3) is 5.39. The van der Waals surface area contributed by atoms with Gasteiger partial charge in [-0.2, -0.15) is 0 Å². The highest BCUT2D eigenvalue weighted by atomic mass is 31.2. The molecule has 0 atom stereocenters. The molecule has 0 aromatic heterocycles. The second kappa shape index (κ2) is 10.9. The van der Waals surface area contributed by atoms with Crippen LogP contribution in [0, 0.1) is 0 Å². The quantitative estimate of drug-likeness (QED) is 0.446. The van der Waals surface area contributed by atoms with Gasteiger partial charge in [0.25, 0.3) is 0 Å². The van der Waals surface area contributed by atoms with E-state index in [9.17, 15) is 0 Å². The average Bonchev–Trinajstić information content (AvgIpc) is 2.74. The first-order chi connectivity index (χ1) is 13.1. The smallest absolute Gasteiger partial charge is 0.187 e. The van der Waals surface area contributed by atoms with Crippen molar-refractivity contribution in [2.45, 2.75) is 40.0 Å². The summed E-state index contributed by atoms with van der Waals surface area (Å²) < 4.78 is 11.6. The first kappa shape index (κ1) is 22.0. The van der Waals surface area contributed by atoms with Gasteiger partial charge in [0.05, 0.1) is 6.61 Å². The van der Waals surface area contributed by atoms with Crippen LogP contribution in [0.5, 0.6) is 0 Å². The van der Waals surface area contributed by atoms with Crippen LogP contribution in [0.15, 0.2) is 60.7 Å². The highest BCUT2D eigenvalue weighted by Gasteiger charge is 2.33. The summed E-state index contributed by atoms with van der Waals surface area (Å²) in [5, 5.41) is 0. The van der Waals surface area contributed by atoms with Crippen molar-refractivity contribution in [1.29, 1.82) is 0 Å². The van der Waals surface area contributed by atoms with Crippen molar-refractivity contribution in [2.75, 3.05) is 32.8 Å². The first-order valence-electron chi connectivity index (χ1n) is 10.1. The lowest BCUT2D eigenvalue weighted by atomic mass is 9.77. The minimum atomic E-state index is -0.766. The van der Waals surface area contributed by atoms with Crippen molar-refractivity contribution in [2.24, 2.45) is 0 Å². The van der Waals surface area contributed by atoms with Crippen molar-refractivity contribution in [3.63, 3.8) is 0 Å². The van der Waals surface area contributed by atoms with E-state index in [0.29, 0.717) is 6.61 Å². The van der Waals surface area contributed by atoms with Gasteiger partial charge in [0, 0.05) is 31.6 Å². The average molecular weight is 387 g/mol. The molecule has 3 nitrogen and oxygen atoms in total. The lowest BCUT2D eigenvalue weighted by Gasteiger charge is -2.39. The molecule has 0 aliphatic rings. The Morgan fingerprint density at radius 1 is 0.704 bits per heavy atom. The molecule has 2 rings (SSSR count). The zero-order valence-electron chi connectivity index (χ0n) is 17.6. The zero-order chi connectivity index (χ0) is 19.7. The third-order valence-electron chi connectivity index (χ3n) is 5.23. The van der Waals surface area contributed by atoms with Gasteiger partial charge in [-0.25, -0.2) is 9.34 Å². The minimum Gasteiger partial charge on any atom is -0.330 e. The molecule has 27 heavy (non-hydrogen) atoms. The number of hydrogen-bond acceptors (Lipinski definition) is 3. The van der Waals surface area contributed by atoms with Crippen LogP contribution in [-0.2, 0) is 9.94 Å². The second-order valence-electron chi connectivity index (χ2n) is 6.87. The summed E-state index contributed by atoms with van der Waals surface area (Å²) in [5.74, 6) is 0. The van der Waals surface area contributed by atoms with E-state index in [-0.39, 0.29) is 5.41 Å². The predicted octanol–water partition coefficient (Wildman–Crippen LogP) is 5.92. The largest absolute Gasteiger partial charge is 0.330 e. The highest BCUT2D eigenvalue weighted by molar-refractivity contribution is 7.47. The summed E-state index contributed by atoms with van der Waals surface area (Å²) in [5.41, 5.74) is 2.42. The summed E-state index contributed by atoms with van der Waals surface area (Å²) in [6.07, 6.45) is 0. The topological polar surface area (TPSA) is 15.7 Å². The van der Waals surface area contributed by atoms with Gasteiger partial charge in [-0.05, 0) is 18.1 Å². The molecule has 0 fully saturated rings. The van der Waals surface area contributed by atoms with Gasteiger partial charge in [0.1, 0.15) is 0 Å². The zero-order valence-corrected chi connectivity index (χ0v) is 18.5. The molecule has 0 saturated heterocycles. The number of nitrogens with zero attached hydrogens (tertiary/aromatic N) is 2. The molecule has 148 valence electrons. The van der Waals surface area contributed by atoms with Gasteiger partial charge in [0.2, 0.25) is 0 Å². The minimum absolute atomic E-state index is 0.177. The summed E-state index contributed by atoms with van der Waals surface area (Å²) in [6.45, 7) is 15.9. The van der Waals surface area contributed by atoms with Crippen molar-refractivity contribution in [1.82, 2.24) is 9.34 Å². The number of rotatable bonds is 11. The molecule has 0 bridgehead atoms. The molecule has 2 aromatic rings. The molecule has 0 N–H and O–H groups in total. The Morgan fingerprint density at radius 2 is 1.07 bits per heavy atom. The fourth-order valence-corrected chi connectivity index (χ4v) is 5.43. The maximum Gasteiger partial charge on any atom is 0.187 e. The van der Waals surface area contributed by atoms with Crippen LogP contribution in [0.25, 0.3) is 0 Å². The van der Waals surface area contributed by atoms with Crippen LogP contribution in [0.1, 0.15) is 45.7 Å². The Balaban J connectivity index is 2.34. The summed E-state index contributed by atoms with van der Waals surface area (Å²) in [4.78, 5) is 0. The highest BCUT2D eigenvalue weighted by Crippen LogP contribution is 2.47. The van der Waals surface area contributed by atoms with Gasteiger partial charge < -0.3 is 4.52 Å². The number of benzene rings is 2. The Morgan fingerprint density at radius 3 is 1.41 bits per heavy atom. The third-order valence-corrected chi connectivity index (χ3v) is 7.69. The van der Waals surface area contributed by atoms with Crippen LogP contribution >= 0.6 is 8.45 Å². The number of hydrogen-bond donors (Lipinski definition) is 0. The monoisotopic (exact) mass is 386 g/mol. The van der Waals surface area contributed by atoms with E-state index in [1.54, 1.807) is 0 Å². The van der Waals surface area contributed by atoms with Crippen molar-refractivity contribution in [3.05, 3.63) is 71.8 Å². The lowest BCUT2D eigenvalue weighted by Crippen LogP contribution is -2.34. The molecule has 0 aliphatic heterocycles. The first-order valence-corrected chi connectivity index (χ1v) is 11.3. The Labute approximate surface area is 167 Å². The van der Waals surface area contributed by atoms with E-state index < -0.39 is 8.45 Å². The van der Waals surface area contributed by atoms with Crippen LogP contribution < -0.4 is 0 Å². The summed E-state index contributed by atoms with van der Waals surface area (Å²) >= 11 is 0. The van der Waals surface area contributed by atoms with Crippen LogP contribution in [0.4, 0.5) is 0 Å². The van der Waals surface area contributed by atoms with Crippen molar-refractivity contribution in [3.8, 4) is 0 Å². The predicted molar refractivity (Wildman–Crippen MR) is 118 cm³/mol. The van der Waals surface area contributed by atoms with Crippen LogP contribution in [0.3, 0.4) is 0 Å². The van der Waals surface area contributed by atoms with Crippen molar-refractivity contribution >= 4 is 8.45 Å². The SMILES string of the molecule is CCN(CC)P(OCC(C)(c1ccccc1)c1ccccc1)N(CC)CC. The maximum absolute atomic E-state index is 6.72. The molecular weight excluding hydrogens is 351 g/mol. The molecule has 2 aromatic carbocycles. The molecule has 0 amide bonds. The normalized spacial score (nSPS) is 12.3. The van der Waals surface area contributed by atoms with E-state index in [4.69, 9.17) is 4.52 Å². The molecule has 0 saturated carbocycles. The van der Waals surface area contributed by atoms with Gasteiger partial charge in [-0.1, -0.05) is 88.4 Å². The summed E-state index contributed by atoms with van der Waals surface area (Å²) in [7, 11) is -0.766. The molecular formula is C23H35N2OP. The van der Waals surface area contributed by atoms with E-state index in [2.05, 4.69) is 105 Å². The molecule has 0 aliphatic carbocycles. The van der Waals surface area contributed by atoms with E-state index >= 15 is 0 Å². The molecule has 4 heteroatoms. The second-order valence-corrected chi connectivity index (χ2v) is 8.76. The molecule has 0 radical (unpaired) electrons. The Bertz CT molecular complexity index is 590. The fourth-order valence-electron chi connectivity index (χ4n) is 3.41. The Kier molecular flexibility index (Phi) is 8.92. The molecule has 0 heterocycles. The Hall–Kier alpha value is -1.25. The van der Waals surface area contributed by atoms with Gasteiger partial charge >= 0.3 is 0 Å². The van der Waals surface area contributed by atoms with E-state index in [1.165, 1.54) is 11.1 Å². The fraction of sp³-hybridized carbons (Fsp3) is 0.478. The lowest BCUT2D eigenvalue weighted by molar-refractivity contribution is 0.224. The van der Waals surface area contributed by atoms with E-state index in [0.717, 1.165) is 26.2 Å². The molecule has 0 unspecified atom stereocenters. The summed E-state index contributed by atoms with van der Waals surface area (Å²) in [6, 6.07) is 21.5. The van der Waals surface area contributed by atoms with Gasteiger partial charge in [-0.3, -0.25) is 0 Å². The standard InChI is InChI=1S/C23H35N2OP/c1-6-24(7-2)27(25(8-3)9-4)26-20-23(5,21-16-12-10-13-17-21)22-18-14-11-15-19-22/h10-19H,6-9,20H2,1-5H3. The molecule has 0 spiro atoms.